The predicted octanol–water partition coefficient (Wildman–Crippen LogP) is -2.96. The number of carboxylic acids is 4. The first-order valence-corrected chi connectivity index (χ1v) is 10.3. The lowest BCUT2D eigenvalue weighted by Gasteiger charge is -2.24. The monoisotopic (exact) mass is 504 g/mol. The van der Waals surface area contributed by atoms with Gasteiger partial charge in [0, 0.05) is 19.3 Å². The summed E-state index contributed by atoms with van der Waals surface area (Å²) in [5.41, 5.74) is 5.58. The van der Waals surface area contributed by atoms with Crippen molar-refractivity contribution in [1.82, 2.24) is 16.0 Å². The Kier molecular flexibility index (Phi) is 13.9. The van der Waals surface area contributed by atoms with Crippen LogP contribution in [0.1, 0.15) is 44.9 Å². The van der Waals surface area contributed by atoms with E-state index in [1.807, 2.05) is 0 Å². The number of aldehydes is 1. The average molecular weight is 504 g/mol. The van der Waals surface area contributed by atoms with E-state index < -0.39 is 104 Å². The van der Waals surface area contributed by atoms with Crippen molar-refractivity contribution < 1.29 is 58.8 Å². The maximum atomic E-state index is 12.7. The van der Waals surface area contributed by atoms with Gasteiger partial charge < -0.3 is 46.9 Å². The molecule has 35 heavy (non-hydrogen) atoms. The summed E-state index contributed by atoms with van der Waals surface area (Å²) in [7, 11) is 0. The van der Waals surface area contributed by atoms with Gasteiger partial charge in [-0.3, -0.25) is 33.6 Å². The van der Waals surface area contributed by atoms with Crippen LogP contribution in [0.2, 0.25) is 0 Å². The molecular formula is C19H28N4O12. The average Bonchev–Trinajstić information content (AvgIpc) is 2.75. The van der Waals surface area contributed by atoms with Crippen molar-refractivity contribution in [2.45, 2.75) is 69.1 Å². The molecule has 0 aliphatic carbocycles. The van der Waals surface area contributed by atoms with Gasteiger partial charge in [-0.05, 0) is 19.3 Å². The van der Waals surface area contributed by atoms with Crippen LogP contribution in [0.4, 0.5) is 0 Å². The van der Waals surface area contributed by atoms with Crippen LogP contribution in [0, 0.1) is 0 Å². The normalized spacial score (nSPS) is 13.9. The molecule has 9 N–H and O–H groups in total. The van der Waals surface area contributed by atoms with E-state index in [-0.39, 0.29) is 12.7 Å². The highest BCUT2D eigenvalue weighted by molar-refractivity contribution is 5.94. The number of nitrogens with two attached hydrogens (primary N) is 1. The van der Waals surface area contributed by atoms with Crippen molar-refractivity contribution in [2.24, 2.45) is 5.73 Å². The zero-order valence-electron chi connectivity index (χ0n) is 18.5. The Labute approximate surface area is 198 Å². The van der Waals surface area contributed by atoms with Gasteiger partial charge in [-0.15, -0.1) is 0 Å². The largest absolute Gasteiger partial charge is 0.481 e. The topological polar surface area (TPSA) is 280 Å². The molecule has 0 heterocycles. The highest BCUT2D eigenvalue weighted by Gasteiger charge is 2.30. The lowest BCUT2D eigenvalue weighted by molar-refractivity contribution is -0.140. The number of amides is 3. The Bertz CT molecular complexity index is 831. The van der Waals surface area contributed by atoms with Gasteiger partial charge in [-0.1, -0.05) is 0 Å². The molecule has 0 rings (SSSR count). The second-order valence-corrected chi connectivity index (χ2v) is 7.38. The third-order valence-corrected chi connectivity index (χ3v) is 4.45. The van der Waals surface area contributed by atoms with Crippen LogP contribution in [0.3, 0.4) is 0 Å². The smallest absolute Gasteiger partial charge is 0.305 e. The molecule has 0 unspecified atom stereocenters. The fourth-order valence-corrected chi connectivity index (χ4v) is 2.64. The number of hydrogen-bond acceptors (Lipinski definition) is 9. The Morgan fingerprint density at radius 1 is 0.629 bits per heavy atom. The van der Waals surface area contributed by atoms with Gasteiger partial charge in [-0.2, -0.15) is 0 Å². The summed E-state index contributed by atoms with van der Waals surface area (Å²) in [6.45, 7) is 0. The molecule has 0 saturated heterocycles. The molecule has 0 radical (unpaired) electrons. The highest BCUT2D eigenvalue weighted by Crippen LogP contribution is 2.05. The fraction of sp³-hybridized carbons (Fsp3) is 0.579. The molecule has 0 aliphatic heterocycles. The van der Waals surface area contributed by atoms with Crippen molar-refractivity contribution in [3.05, 3.63) is 0 Å². The summed E-state index contributed by atoms with van der Waals surface area (Å²) in [5.74, 6) is -8.44. The standard InChI is InChI=1S/C19H28N4O12/c20-10(1-4-13(25)26)17(33)22-12(3-6-15(29)30)19(35)23-11(2-5-14(27)28)18(34)21-9(8-24)7-16(31)32/h8-12H,1-7,20H2,(H,21,34)(H,22,33)(H,23,35)(H,25,26)(H,27,28)(H,29,30)(H,31,32)/t9-,10-,11-,12-/m0/s1. The van der Waals surface area contributed by atoms with E-state index in [1.54, 1.807) is 0 Å². The summed E-state index contributed by atoms with van der Waals surface area (Å²) < 4.78 is 0. The molecule has 16 heteroatoms. The summed E-state index contributed by atoms with van der Waals surface area (Å²) in [5, 5.41) is 41.6. The first-order valence-electron chi connectivity index (χ1n) is 10.3. The minimum absolute atomic E-state index is 0.135. The van der Waals surface area contributed by atoms with Gasteiger partial charge >= 0.3 is 23.9 Å². The van der Waals surface area contributed by atoms with Crippen molar-refractivity contribution in [3.8, 4) is 0 Å². The molecule has 4 atom stereocenters. The molecule has 0 aromatic heterocycles. The molecule has 16 nitrogen and oxygen atoms in total. The number of hydrogen-bond donors (Lipinski definition) is 8. The number of carbonyl (C=O) groups is 8. The van der Waals surface area contributed by atoms with Crippen molar-refractivity contribution in [3.63, 3.8) is 0 Å². The zero-order chi connectivity index (χ0) is 27.1. The van der Waals surface area contributed by atoms with Crippen LogP contribution in [0.15, 0.2) is 0 Å². The quantitative estimate of drug-likeness (QED) is 0.0867. The fourth-order valence-electron chi connectivity index (χ4n) is 2.64. The molecular weight excluding hydrogens is 476 g/mol. The Morgan fingerprint density at radius 2 is 1.03 bits per heavy atom. The second kappa shape index (κ2) is 15.7. The van der Waals surface area contributed by atoms with E-state index in [1.165, 1.54) is 0 Å². The van der Waals surface area contributed by atoms with E-state index in [0.717, 1.165) is 0 Å². The van der Waals surface area contributed by atoms with Crippen molar-refractivity contribution in [1.29, 1.82) is 0 Å². The van der Waals surface area contributed by atoms with Crippen LogP contribution in [0.5, 0.6) is 0 Å². The predicted molar refractivity (Wildman–Crippen MR) is 113 cm³/mol. The summed E-state index contributed by atoms with van der Waals surface area (Å²) >= 11 is 0. The lowest BCUT2D eigenvalue weighted by Crippen LogP contribution is -2.56. The maximum Gasteiger partial charge on any atom is 0.305 e. The molecule has 0 spiro atoms. The van der Waals surface area contributed by atoms with Crippen molar-refractivity contribution >= 4 is 47.9 Å². The second-order valence-electron chi connectivity index (χ2n) is 7.38. The maximum absolute atomic E-state index is 12.7. The van der Waals surface area contributed by atoms with E-state index >= 15 is 0 Å². The van der Waals surface area contributed by atoms with E-state index in [0.29, 0.717) is 0 Å². The summed E-state index contributed by atoms with van der Waals surface area (Å²) in [6.07, 6.45) is -3.53. The summed E-state index contributed by atoms with van der Waals surface area (Å²) in [6, 6.07) is -5.95. The number of nitrogens with one attached hydrogen (secondary N) is 3. The third kappa shape index (κ3) is 13.9. The molecule has 0 saturated carbocycles. The van der Waals surface area contributed by atoms with Gasteiger partial charge in [0.15, 0.2) is 0 Å². The molecule has 196 valence electrons. The SMILES string of the molecule is N[C@@H](CCC(=O)O)C(=O)N[C@@H](CCC(=O)O)C(=O)N[C@@H](CCC(=O)O)C(=O)N[C@H](C=O)CC(=O)O. The van der Waals surface area contributed by atoms with E-state index in [4.69, 9.17) is 26.2 Å². The number of carboxylic acid groups (broad SMARTS) is 4. The molecule has 3 amide bonds. The summed E-state index contributed by atoms with van der Waals surface area (Å²) in [4.78, 5) is 91.7. The Morgan fingerprint density at radius 3 is 1.43 bits per heavy atom. The van der Waals surface area contributed by atoms with Crippen LogP contribution in [-0.2, 0) is 38.4 Å². The zero-order valence-corrected chi connectivity index (χ0v) is 18.5. The third-order valence-electron chi connectivity index (χ3n) is 4.45. The number of carbonyl (C=O) groups excluding carboxylic acids is 4. The van der Waals surface area contributed by atoms with Crippen molar-refractivity contribution in [2.75, 3.05) is 0 Å². The number of aliphatic carboxylic acids is 4. The van der Waals surface area contributed by atoms with Crippen LogP contribution >= 0.6 is 0 Å². The minimum atomic E-state index is -1.58. The van der Waals surface area contributed by atoms with Crippen LogP contribution < -0.4 is 21.7 Å². The van der Waals surface area contributed by atoms with E-state index in [2.05, 4.69) is 16.0 Å². The lowest BCUT2D eigenvalue weighted by atomic mass is 10.1. The minimum Gasteiger partial charge on any atom is -0.481 e. The van der Waals surface area contributed by atoms with Gasteiger partial charge in [0.1, 0.15) is 18.4 Å². The van der Waals surface area contributed by atoms with Gasteiger partial charge in [-0.25, -0.2) is 0 Å². The van der Waals surface area contributed by atoms with Crippen LogP contribution in [0.25, 0.3) is 0 Å². The van der Waals surface area contributed by atoms with Gasteiger partial charge in [0.25, 0.3) is 0 Å². The first-order chi connectivity index (χ1) is 16.3. The Balaban J connectivity index is 5.55. The molecule has 0 aliphatic rings. The molecule has 0 aromatic rings. The Hall–Kier alpha value is -4.08. The molecule has 0 fully saturated rings. The number of rotatable bonds is 18. The van der Waals surface area contributed by atoms with E-state index in [9.17, 15) is 38.4 Å². The molecule has 0 bridgehead atoms. The first kappa shape index (κ1) is 30.9. The van der Waals surface area contributed by atoms with Gasteiger partial charge in [0.2, 0.25) is 17.7 Å². The van der Waals surface area contributed by atoms with Crippen LogP contribution in [-0.4, -0.2) is 92.5 Å². The molecule has 0 aromatic carbocycles. The highest BCUT2D eigenvalue weighted by atomic mass is 16.4. The van der Waals surface area contributed by atoms with Gasteiger partial charge in [0.05, 0.1) is 18.5 Å².